The smallest absolute Gasteiger partial charge is 0.237 e. The van der Waals surface area contributed by atoms with Crippen LogP contribution in [0.25, 0.3) is 0 Å². The summed E-state index contributed by atoms with van der Waals surface area (Å²) in [6.45, 7) is 4.61. The number of carbonyl (C=O) groups excluding carboxylic acids is 1. The first-order valence-corrected chi connectivity index (χ1v) is 8.28. The van der Waals surface area contributed by atoms with Gasteiger partial charge in [0.1, 0.15) is 0 Å². The van der Waals surface area contributed by atoms with Gasteiger partial charge in [-0.15, -0.1) is 12.4 Å². The van der Waals surface area contributed by atoms with Crippen LogP contribution in [0.2, 0.25) is 0 Å². The van der Waals surface area contributed by atoms with Crippen molar-refractivity contribution in [3.8, 4) is 0 Å². The van der Waals surface area contributed by atoms with E-state index in [1.807, 2.05) is 0 Å². The van der Waals surface area contributed by atoms with Crippen molar-refractivity contribution in [3.05, 3.63) is 0 Å². The van der Waals surface area contributed by atoms with Crippen LogP contribution in [0, 0.1) is 17.8 Å². The summed E-state index contributed by atoms with van der Waals surface area (Å²) in [5.41, 5.74) is 6.07. The van der Waals surface area contributed by atoms with E-state index >= 15 is 0 Å². The summed E-state index contributed by atoms with van der Waals surface area (Å²) in [4.78, 5) is 12.1. The average Bonchev–Trinajstić information content (AvgIpc) is 2.47. The number of hydrogen-bond donors (Lipinski definition) is 2. The quantitative estimate of drug-likeness (QED) is 0.818. The zero-order chi connectivity index (χ0) is 14.4. The van der Waals surface area contributed by atoms with Crippen LogP contribution in [0.4, 0.5) is 0 Å². The molecule has 1 heterocycles. The van der Waals surface area contributed by atoms with Gasteiger partial charge in [-0.25, -0.2) is 0 Å². The molecule has 3 unspecified atom stereocenters. The van der Waals surface area contributed by atoms with Gasteiger partial charge in [-0.1, -0.05) is 26.2 Å². The lowest BCUT2D eigenvalue weighted by Gasteiger charge is -2.28. The summed E-state index contributed by atoms with van der Waals surface area (Å²) in [6, 6.07) is -0.357. The van der Waals surface area contributed by atoms with E-state index in [4.69, 9.17) is 10.5 Å². The number of rotatable bonds is 5. The Morgan fingerprint density at radius 2 is 2.00 bits per heavy atom. The second-order valence-electron chi connectivity index (χ2n) is 6.69. The number of amides is 1. The largest absolute Gasteiger partial charge is 0.381 e. The van der Waals surface area contributed by atoms with E-state index in [0.29, 0.717) is 5.92 Å². The minimum absolute atomic E-state index is 0. The van der Waals surface area contributed by atoms with Crippen LogP contribution in [-0.2, 0) is 9.53 Å². The highest BCUT2D eigenvalue weighted by Gasteiger charge is 2.26. The lowest BCUT2D eigenvalue weighted by Crippen LogP contribution is -2.47. The van der Waals surface area contributed by atoms with Crippen molar-refractivity contribution in [2.45, 2.75) is 57.9 Å². The van der Waals surface area contributed by atoms with E-state index in [1.54, 1.807) is 0 Å². The lowest BCUT2D eigenvalue weighted by atomic mass is 9.81. The fourth-order valence-corrected chi connectivity index (χ4v) is 3.63. The molecule has 21 heavy (non-hydrogen) atoms. The Morgan fingerprint density at radius 3 is 2.67 bits per heavy atom. The molecular formula is C16H31ClN2O2. The summed E-state index contributed by atoms with van der Waals surface area (Å²) in [6.07, 6.45) is 8.30. The number of ether oxygens (including phenoxy) is 1. The third-order valence-corrected chi connectivity index (χ3v) is 4.97. The maximum absolute atomic E-state index is 12.1. The van der Waals surface area contributed by atoms with E-state index in [9.17, 15) is 4.79 Å². The van der Waals surface area contributed by atoms with Crippen molar-refractivity contribution in [3.63, 3.8) is 0 Å². The van der Waals surface area contributed by atoms with Gasteiger partial charge in [0.15, 0.2) is 0 Å². The minimum atomic E-state index is -0.357. The third kappa shape index (κ3) is 6.13. The standard InChI is InChI=1S/C16H30N2O2.ClH/c1-12-3-2-4-13(11-12)5-8-18-16(19)15(17)14-6-9-20-10-7-14;/h12-15H,2-11,17H2,1H3,(H,18,19);1H. The van der Waals surface area contributed by atoms with Crippen LogP contribution in [0.3, 0.4) is 0 Å². The molecule has 0 aromatic carbocycles. The van der Waals surface area contributed by atoms with Gasteiger partial charge in [-0.05, 0) is 43.4 Å². The Bertz CT molecular complexity index is 309. The molecule has 1 saturated heterocycles. The Kier molecular flexibility index (Phi) is 8.60. The molecule has 0 aromatic heterocycles. The van der Waals surface area contributed by atoms with Gasteiger partial charge in [-0.3, -0.25) is 4.79 Å². The van der Waals surface area contributed by atoms with Crippen molar-refractivity contribution in [1.82, 2.24) is 5.32 Å². The highest BCUT2D eigenvalue weighted by molar-refractivity contribution is 5.85. The summed E-state index contributed by atoms with van der Waals surface area (Å²) in [5.74, 6) is 1.96. The highest BCUT2D eigenvalue weighted by atomic mass is 35.5. The lowest BCUT2D eigenvalue weighted by molar-refractivity contribution is -0.124. The molecule has 1 aliphatic heterocycles. The van der Waals surface area contributed by atoms with Crippen molar-refractivity contribution in [1.29, 1.82) is 0 Å². The molecular weight excluding hydrogens is 288 g/mol. The molecule has 4 nitrogen and oxygen atoms in total. The van der Waals surface area contributed by atoms with E-state index in [0.717, 1.165) is 50.9 Å². The molecule has 0 spiro atoms. The molecule has 1 saturated carbocycles. The zero-order valence-electron chi connectivity index (χ0n) is 13.2. The number of hydrogen-bond acceptors (Lipinski definition) is 3. The Labute approximate surface area is 135 Å². The minimum Gasteiger partial charge on any atom is -0.381 e. The molecule has 2 rings (SSSR count). The van der Waals surface area contributed by atoms with E-state index in [1.165, 1.54) is 25.7 Å². The molecule has 124 valence electrons. The number of nitrogens with two attached hydrogens (primary N) is 1. The van der Waals surface area contributed by atoms with Crippen molar-refractivity contribution >= 4 is 18.3 Å². The number of carbonyl (C=O) groups is 1. The molecule has 2 fully saturated rings. The van der Waals surface area contributed by atoms with Crippen LogP contribution in [0.5, 0.6) is 0 Å². The number of nitrogens with one attached hydrogen (secondary N) is 1. The van der Waals surface area contributed by atoms with Gasteiger partial charge in [0, 0.05) is 19.8 Å². The predicted molar refractivity (Wildman–Crippen MR) is 87.5 cm³/mol. The first-order chi connectivity index (χ1) is 9.66. The first kappa shape index (κ1) is 18.7. The van der Waals surface area contributed by atoms with Crippen molar-refractivity contribution < 1.29 is 9.53 Å². The van der Waals surface area contributed by atoms with Gasteiger partial charge in [-0.2, -0.15) is 0 Å². The second-order valence-corrected chi connectivity index (χ2v) is 6.69. The van der Waals surface area contributed by atoms with Gasteiger partial charge < -0.3 is 15.8 Å². The molecule has 0 radical (unpaired) electrons. The molecule has 2 aliphatic rings. The Hall–Kier alpha value is -0.320. The highest BCUT2D eigenvalue weighted by Crippen LogP contribution is 2.30. The maximum Gasteiger partial charge on any atom is 0.237 e. The van der Waals surface area contributed by atoms with E-state index < -0.39 is 0 Å². The maximum atomic E-state index is 12.1. The SMILES string of the molecule is CC1CCCC(CCNC(=O)C(N)C2CCOCC2)C1.Cl. The van der Waals surface area contributed by atoms with Gasteiger partial charge in [0.25, 0.3) is 0 Å². The monoisotopic (exact) mass is 318 g/mol. The van der Waals surface area contributed by atoms with Crippen molar-refractivity contribution in [2.24, 2.45) is 23.5 Å². The van der Waals surface area contributed by atoms with E-state index in [2.05, 4.69) is 12.2 Å². The van der Waals surface area contributed by atoms with Gasteiger partial charge >= 0.3 is 0 Å². The molecule has 1 amide bonds. The second kappa shape index (κ2) is 9.65. The van der Waals surface area contributed by atoms with Crippen molar-refractivity contribution in [2.75, 3.05) is 19.8 Å². The zero-order valence-corrected chi connectivity index (χ0v) is 14.0. The molecule has 3 N–H and O–H groups in total. The molecule has 3 atom stereocenters. The first-order valence-electron chi connectivity index (χ1n) is 8.28. The molecule has 1 aliphatic carbocycles. The summed E-state index contributed by atoms with van der Waals surface area (Å²) in [7, 11) is 0. The average molecular weight is 319 g/mol. The van der Waals surface area contributed by atoms with Crippen LogP contribution in [-0.4, -0.2) is 31.7 Å². The van der Waals surface area contributed by atoms with Crippen LogP contribution >= 0.6 is 12.4 Å². The third-order valence-electron chi connectivity index (χ3n) is 4.97. The van der Waals surface area contributed by atoms with E-state index in [-0.39, 0.29) is 24.4 Å². The van der Waals surface area contributed by atoms with Gasteiger partial charge in [0.2, 0.25) is 5.91 Å². The molecule has 0 bridgehead atoms. The van der Waals surface area contributed by atoms with Crippen LogP contribution < -0.4 is 11.1 Å². The van der Waals surface area contributed by atoms with Gasteiger partial charge in [0.05, 0.1) is 6.04 Å². The summed E-state index contributed by atoms with van der Waals surface area (Å²) < 4.78 is 5.31. The summed E-state index contributed by atoms with van der Waals surface area (Å²) >= 11 is 0. The Balaban J connectivity index is 0.00000220. The fraction of sp³-hybridized carbons (Fsp3) is 0.938. The van der Waals surface area contributed by atoms with Crippen LogP contribution in [0.1, 0.15) is 51.9 Å². The summed E-state index contributed by atoms with van der Waals surface area (Å²) in [5, 5.41) is 3.04. The predicted octanol–water partition coefficient (Wildman–Crippen LogP) is 2.49. The van der Waals surface area contributed by atoms with Crippen LogP contribution in [0.15, 0.2) is 0 Å². The number of halogens is 1. The normalized spacial score (nSPS) is 28.5. The topological polar surface area (TPSA) is 64.4 Å². The molecule has 0 aromatic rings. The molecule has 5 heteroatoms. The Morgan fingerprint density at radius 1 is 1.29 bits per heavy atom. The fourth-order valence-electron chi connectivity index (χ4n) is 3.63.